The molecule has 0 spiro atoms. The van der Waals surface area contributed by atoms with Crippen LogP contribution in [0.15, 0.2) is 30.6 Å². The molecular weight excluding hydrogens is 240 g/mol. The van der Waals surface area contributed by atoms with Gasteiger partial charge < -0.3 is 9.88 Å². The van der Waals surface area contributed by atoms with E-state index < -0.39 is 17.5 Å². The minimum absolute atomic E-state index is 0.000542. The van der Waals surface area contributed by atoms with Gasteiger partial charge in [-0.3, -0.25) is 4.79 Å². The standard InChI is InChI=1S/C12H11F2N3O/c1-17-5-4-15-11(17)7-12(18)16-10-6-8(13)2-3-9(10)14/h2-6H,7H2,1H3,(H,16,18). The van der Waals surface area contributed by atoms with Crippen molar-refractivity contribution in [3.63, 3.8) is 0 Å². The summed E-state index contributed by atoms with van der Waals surface area (Å²) in [6.45, 7) is 0. The zero-order valence-electron chi connectivity index (χ0n) is 9.65. The van der Waals surface area contributed by atoms with Crippen molar-refractivity contribution in [2.45, 2.75) is 6.42 Å². The number of aryl methyl sites for hydroxylation is 1. The second-order valence-electron chi connectivity index (χ2n) is 3.80. The summed E-state index contributed by atoms with van der Waals surface area (Å²) in [4.78, 5) is 15.6. The van der Waals surface area contributed by atoms with Crippen molar-refractivity contribution >= 4 is 11.6 Å². The van der Waals surface area contributed by atoms with E-state index in [0.29, 0.717) is 5.82 Å². The summed E-state index contributed by atoms with van der Waals surface area (Å²) in [7, 11) is 1.75. The fraction of sp³-hybridized carbons (Fsp3) is 0.167. The van der Waals surface area contributed by atoms with Crippen molar-refractivity contribution in [2.75, 3.05) is 5.32 Å². The third-order valence-corrected chi connectivity index (χ3v) is 2.44. The number of nitrogens with one attached hydrogen (secondary N) is 1. The Morgan fingerprint density at radius 1 is 1.44 bits per heavy atom. The minimum Gasteiger partial charge on any atom is -0.338 e. The molecule has 0 aliphatic carbocycles. The molecule has 2 aromatic rings. The van der Waals surface area contributed by atoms with Crippen molar-refractivity contribution in [1.82, 2.24) is 9.55 Å². The van der Waals surface area contributed by atoms with Gasteiger partial charge in [-0.25, -0.2) is 13.8 Å². The van der Waals surface area contributed by atoms with Crippen LogP contribution in [0.4, 0.5) is 14.5 Å². The summed E-state index contributed by atoms with van der Waals surface area (Å²) in [6, 6.07) is 2.89. The molecule has 0 aliphatic heterocycles. The van der Waals surface area contributed by atoms with Crippen LogP contribution in [0.2, 0.25) is 0 Å². The van der Waals surface area contributed by atoms with E-state index in [0.717, 1.165) is 18.2 Å². The van der Waals surface area contributed by atoms with Gasteiger partial charge in [0.2, 0.25) is 5.91 Å². The molecule has 0 unspecified atom stereocenters. The van der Waals surface area contributed by atoms with Crippen LogP contribution in [0.3, 0.4) is 0 Å². The third kappa shape index (κ3) is 2.71. The molecule has 6 heteroatoms. The quantitative estimate of drug-likeness (QED) is 0.905. The number of anilines is 1. The van der Waals surface area contributed by atoms with E-state index in [-0.39, 0.29) is 12.1 Å². The number of halogens is 2. The molecule has 0 fully saturated rings. The van der Waals surface area contributed by atoms with E-state index in [9.17, 15) is 13.6 Å². The Labute approximate surface area is 102 Å². The lowest BCUT2D eigenvalue weighted by Crippen LogP contribution is -2.17. The molecule has 1 amide bonds. The van der Waals surface area contributed by atoms with Crippen molar-refractivity contribution in [3.05, 3.63) is 48.1 Å². The maximum atomic E-state index is 13.3. The smallest absolute Gasteiger partial charge is 0.232 e. The SMILES string of the molecule is Cn1ccnc1CC(=O)Nc1cc(F)ccc1F. The molecule has 2 rings (SSSR count). The van der Waals surface area contributed by atoms with Gasteiger partial charge in [0.05, 0.1) is 12.1 Å². The number of nitrogens with zero attached hydrogens (tertiary/aromatic N) is 2. The second kappa shape index (κ2) is 4.95. The summed E-state index contributed by atoms with van der Waals surface area (Å²) < 4.78 is 27.9. The Balaban J connectivity index is 2.08. The summed E-state index contributed by atoms with van der Waals surface area (Å²) in [5, 5.41) is 2.31. The lowest BCUT2D eigenvalue weighted by molar-refractivity contribution is -0.115. The van der Waals surface area contributed by atoms with Crippen LogP contribution in [0, 0.1) is 11.6 Å². The average Bonchev–Trinajstić information content (AvgIpc) is 2.70. The topological polar surface area (TPSA) is 46.9 Å². The summed E-state index contributed by atoms with van der Waals surface area (Å²) >= 11 is 0. The van der Waals surface area contributed by atoms with Crippen LogP contribution >= 0.6 is 0 Å². The summed E-state index contributed by atoms with van der Waals surface area (Å²) in [5.41, 5.74) is -0.172. The number of hydrogen-bond acceptors (Lipinski definition) is 2. The lowest BCUT2D eigenvalue weighted by atomic mass is 10.2. The van der Waals surface area contributed by atoms with Gasteiger partial charge in [-0.1, -0.05) is 0 Å². The average molecular weight is 251 g/mol. The first-order valence-corrected chi connectivity index (χ1v) is 5.27. The lowest BCUT2D eigenvalue weighted by Gasteiger charge is -2.06. The molecule has 1 aromatic heterocycles. The van der Waals surface area contributed by atoms with Crippen molar-refractivity contribution < 1.29 is 13.6 Å². The maximum Gasteiger partial charge on any atom is 0.232 e. The summed E-state index contributed by atoms with van der Waals surface area (Å²) in [6.07, 6.45) is 3.26. The molecule has 1 N–H and O–H groups in total. The molecule has 4 nitrogen and oxygen atoms in total. The molecule has 1 heterocycles. The normalized spacial score (nSPS) is 10.4. The molecule has 0 saturated heterocycles. The van der Waals surface area contributed by atoms with Gasteiger partial charge in [-0.2, -0.15) is 0 Å². The van der Waals surface area contributed by atoms with Crippen LogP contribution in [0.25, 0.3) is 0 Å². The first-order valence-electron chi connectivity index (χ1n) is 5.27. The van der Waals surface area contributed by atoms with Crippen molar-refractivity contribution in [2.24, 2.45) is 7.05 Å². The van der Waals surface area contributed by atoms with Gasteiger partial charge in [0.25, 0.3) is 0 Å². The zero-order valence-corrected chi connectivity index (χ0v) is 9.65. The highest BCUT2D eigenvalue weighted by atomic mass is 19.1. The Kier molecular flexibility index (Phi) is 3.36. The van der Waals surface area contributed by atoms with Crippen LogP contribution in [0.5, 0.6) is 0 Å². The molecule has 0 saturated carbocycles. The zero-order chi connectivity index (χ0) is 13.1. The first-order chi connectivity index (χ1) is 8.56. The predicted octanol–water partition coefficient (Wildman–Crippen LogP) is 1.88. The molecule has 0 aliphatic rings. The van der Waals surface area contributed by atoms with Gasteiger partial charge in [0.15, 0.2) is 0 Å². The van der Waals surface area contributed by atoms with E-state index in [1.165, 1.54) is 0 Å². The monoisotopic (exact) mass is 251 g/mol. The first kappa shape index (κ1) is 12.2. The number of imidazole rings is 1. The van der Waals surface area contributed by atoms with Crippen LogP contribution in [0.1, 0.15) is 5.82 Å². The van der Waals surface area contributed by atoms with E-state index in [2.05, 4.69) is 10.3 Å². The fourth-order valence-electron chi connectivity index (χ4n) is 1.50. The van der Waals surface area contributed by atoms with Gasteiger partial charge >= 0.3 is 0 Å². The van der Waals surface area contributed by atoms with Crippen LogP contribution in [-0.4, -0.2) is 15.5 Å². The highest BCUT2D eigenvalue weighted by Gasteiger charge is 2.11. The number of hydrogen-bond donors (Lipinski definition) is 1. The Morgan fingerprint density at radius 3 is 2.89 bits per heavy atom. The largest absolute Gasteiger partial charge is 0.338 e. The number of rotatable bonds is 3. The fourth-order valence-corrected chi connectivity index (χ4v) is 1.50. The van der Waals surface area contributed by atoms with Gasteiger partial charge in [0.1, 0.15) is 17.5 Å². The second-order valence-corrected chi connectivity index (χ2v) is 3.80. The summed E-state index contributed by atoms with van der Waals surface area (Å²) in [5.74, 6) is -1.19. The highest BCUT2D eigenvalue weighted by molar-refractivity contribution is 5.91. The minimum atomic E-state index is -0.676. The number of aromatic nitrogens is 2. The van der Waals surface area contributed by atoms with Gasteiger partial charge in [0, 0.05) is 25.5 Å². The number of carbonyl (C=O) groups excluding carboxylic acids is 1. The maximum absolute atomic E-state index is 13.3. The van der Waals surface area contributed by atoms with Gasteiger partial charge in [-0.05, 0) is 12.1 Å². The van der Waals surface area contributed by atoms with Crippen LogP contribution < -0.4 is 5.32 Å². The number of carbonyl (C=O) groups is 1. The van der Waals surface area contributed by atoms with E-state index >= 15 is 0 Å². The molecule has 0 atom stereocenters. The predicted molar refractivity (Wildman–Crippen MR) is 61.9 cm³/mol. The van der Waals surface area contributed by atoms with Crippen molar-refractivity contribution in [1.29, 1.82) is 0 Å². The Hall–Kier alpha value is -2.24. The molecule has 0 radical (unpaired) electrons. The molecule has 0 bridgehead atoms. The number of amides is 1. The molecule has 1 aromatic carbocycles. The third-order valence-electron chi connectivity index (χ3n) is 2.44. The van der Waals surface area contributed by atoms with Crippen LogP contribution in [-0.2, 0) is 18.3 Å². The van der Waals surface area contributed by atoms with E-state index in [1.807, 2.05) is 0 Å². The highest BCUT2D eigenvalue weighted by Crippen LogP contribution is 2.15. The molecule has 18 heavy (non-hydrogen) atoms. The van der Waals surface area contributed by atoms with Gasteiger partial charge in [-0.15, -0.1) is 0 Å². The van der Waals surface area contributed by atoms with E-state index in [1.54, 1.807) is 24.0 Å². The molecule has 94 valence electrons. The van der Waals surface area contributed by atoms with Crippen molar-refractivity contribution in [3.8, 4) is 0 Å². The molecular formula is C12H11F2N3O. The Morgan fingerprint density at radius 2 is 2.22 bits per heavy atom. The Bertz CT molecular complexity index is 580. The number of benzene rings is 1. The van der Waals surface area contributed by atoms with E-state index in [4.69, 9.17) is 0 Å².